The highest BCUT2D eigenvalue weighted by Gasteiger charge is 2.25. The molecule has 3 atom stereocenters. The van der Waals surface area contributed by atoms with Crippen molar-refractivity contribution in [1.29, 1.82) is 0 Å². The summed E-state index contributed by atoms with van der Waals surface area (Å²) in [6, 6.07) is -0.750. The Balaban J connectivity index is 4.60. The molecule has 0 aliphatic carbocycles. The van der Waals surface area contributed by atoms with Crippen LogP contribution in [0.15, 0.2) is 0 Å². The predicted molar refractivity (Wildman–Crippen MR) is 103 cm³/mol. The Bertz CT molecular complexity index is 402. The zero-order valence-electron chi connectivity index (χ0n) is 17.3. The van der Waals surface area contributed by atoms with Crippen molar-refractivity contribution in [2.45, 2.75) is 71.6 Å². The van der Waals surface area contributed by atoms with Crippen LogP contribution in [0, 0.1) is 0 Å². The number of hydrogen-bond acceptors (Lipinski definition) is 8. The van der Waals surface area contributed by atoms with E-state index in [1.54, 1.807) is 0 Å². The molecular weight excluding hydrogens is 352 g/mol. The van der Waals surface area contributed by atoms with Gasteiger partial charge in [0, 0.05) is 13.1 Å². The van der Waals surface area contributed by atoms with Gasteiger partial charge in [-0.1, -0.05) is 13.8 Å². The number of nitrogens with one attached hydrogen (secondary N) is 1. The predicted octanol–water partition coefficient (Wildman–Crippen LogP) is 0.695. The fourth-order valence-electron chi connectivity index (χ4n) is 2.32. The van der Waals surface area contributed by atoms with Crippen LogP contribution in [0.1, 0.15) is 53.4 Å². The average Bonchev–Trinajstić information content (AvgIpc) is 2.63. The van der Waals surface area contributed by atoms with Crippen molar-refractivity contribution in [1.82, 2.24) is 10.2 Å². The van der Waals surface area contributed by atoms with E-state index in [0.29, 0.717) is 45.4 Å². The Labute approximate surface area is 163 Å². The maximum absolute atomic E-state index is 12.4. The van der Waals surface area contributed by atoms with Crippen molar-refractivity contribution >= 4 is 11.9 Å². The molecule has 0 saturated heterocycles. The third kappa shape index (κ3) is 12.7. The number of carbonyl (C=O) groups is 2. The molecule has 0 radical (unpaired) electrons. The summed E-state index contributed by atoms with van der Waals surface area (Å²) in [5, 5.41) is 21.1. The summed E-state index contributed by atoms with van der Waals surface area (Å²) in [7, 11) is 0. The van der Waals surface area contributed by atoms with Crippen LogP contribution in [0.2, 0.25) is 0 Å². The third-order valence-corrected chi connectivity index (χ3v) is 4.33. The van der Waals surface area contributed by atoms with E-state index in [-0.39, 0.29) is 31.8 Å². The first-order chi connectivity index (χ1) is 12.9. The lowest BCUT2D eigenvalue weighted by molar-refractivity contribution is -0.157. The molecule has 0 saturated carbocycles. The number of aliphatic hydroxyl groups is 2. The molecule has 0 fully saturated rings. The quantitative estimate of drug-likeness (QED) is 0.261. The molecule has 0 aromatic heterocycles. The standard InChI is InChI=1S/C19H38N2O6/c1-5-15(3)26-18(24)14-17(19(25)27-16(4)6-2)20-8-7-9-21(10-12-22)11-13-23/h15-17,20,22-23H,5-14H2,1-4H3. The van der Waals surface area contributed by atoms with Crippen LogP contribution in [0.5, 0.6) is 0 Å². The summed E-state index contributed by atoms with van der Waals surface area (Å²) >= 11 is 0. The lowest BCUT2D eigenvalue weighted by Crippen LogP contribution is -2.43. The van der Waals surface area contributed by atoms with Crippen molar-refractivity contribution in [3.63, 3.8) is 0 Å². The maximum atomic E-state index is 12.4. The minimum Gasteiger partial charge on any atom is -0.463 e. The van der Waals surface area contributed by atoms with Gasteiger partial charge in [0.05, 0.1) is 31.8 Å². The Kier molecular flexibility index (Phi) is 15.1. The number of rotatable bonds is 16. The van der Waals surface area contributed by atoms with Gasteiger partial charge in [-0.05, 0) is 46.2 Å². The van der Waals surface area contributed by atoms with Crippen LogP contribution in [0.4, 0.5) is 0 Å². The normalized spacial score (nSPS) is 14.6. The zero-order valence-corrected chi connectivity index (χ0v) is 17.3. The van der Waals surface area contributed by atoms with Gasteiger partial charge >= 0.3 is 11.9 Å². The third-order valence-electron chi connectivity index (χ3n) is 4.33. The summed E-state index contributed by atoms with van der Waals surface area (Å²) < 4.78 is 10.6. The second-order valence-corrected chi connectivity index (χ2v) is 6.72. The van der Waals surface area contributed by atoms with Gasteiger partial charge in [0.25, 0.3) is 0 Å². The van der Waals surface area contributed by atoms with Gasteiger partial charge in [-0.15, -0.1) is 0 Å². The molecule has 0 bridgehead atoms. The van der Waals surface area contributed by atoms with Crippen LogP contribution in [0.3, 0.4) is 0 Å². The molecule has 3 unspecified atom stereocenters. The summed E-state index contributed by atoms with van der Waals surface area (Å²) in [4.78, 5) is 26.4. The summed E-state index contributed by atoms with van der Waals surface area (Å²) in [5.74, 6) is -0.877. The van der Waals surface area contributed by atoms with Crippen molar-refractivity contribution < 1.29 is 29.3 Å². The highest BCUT2D eigenvalue weighted by molar-refractivity contribution is 5.82. The van der Waals surface area contributed by atoms with Crippen LogP contribution < -0.4 is 5.32 Å². The maximum Gasteiger partial charge on any atom is 0.324 e. The molecular formula is C19H38N2O6. The first-order valence-electron chi connectivity index (χ1n) is 9.95. The van der Waals surface area contributed by atoms with Crippen molar-refractivity contribution in [3.8, 4) is 0 Å². The number of esters is 2. The summed E-state index contributed by atoms with van der Waals surface area (Å²) in [6.07, 6.45) is 1.65. The van der Waals surface area contributed by atoms with Gasteiger partial charge in [0.1, 0.15) is 6.04 Å². The van der Waals surface area contributed by atoms with Crippen molar-refractivity contribution in [3.05, 3.63) is 0 Å². The SMILES string of the molecule is CCC(C)OC(=O)CC(NCCCN(CCO)CCO)C(=O)OC(C)CC. The summed E-state index contributed by atoms with van der Waals surface area (Å²) in [6.45, 7) is 9.68. The second-order valence-electron chi connectivity index (χ2n) is 6.72. The molecule has 0 amide bonds. The molecule has 8 heteroatoms. The van der Waals surface area contributed by atoms with Gasteiger partial charge in [-0.2, -0.15) is 0 Å². The molecule has 27 heavy (non-hydrogen) atoms. The van der Waals surface area contributed by atoms with Crippen molar-refractivity contribution in [2.75, 3.05) is 39.4 Å². The van der Waals surface area contributed by atoms with Crippen LogP contribution >= 0.6 is 0 Å². The Morgan fingerprint density at radius 3 is 2.04 bits per heavy atom. The average molecular weight is 391 g/mol. The Hall–Kier alpha value is -1.22. The van der Waals surface area contributed by atoms with Gasteiger partial charge in [0.2, 0.25) is 0 Å². The number of aliphatic hydroxyl groups excluding tert-OH is 2. The molecule has 0 aromatic rings. The number of nitrogens with zero attached hydrogens (tertiary/aromatic N) is 1. The van der Waals surface area contributed by atoms with Gasteiger partial charge < -0.3 is 25.0 Å². The Morgan fingerprint density at radius 1 is 0.963 bits per heavy atom. The fraction of sp³-hybridized carbons (Fsp3) is 0.895. The van der Waals surface area contributed by atoms with Crippen LogP contribution in [-0.2, 0) is 19.1 Å². The minimum atomic E-state index is -0.750. The van der Waals surface area contributed by atoms with Gasteiger partial charge in [0.15, 0.2) is 0 Å². The smallest absolute Gasteiger partial charge is 0.324 e. The minimum absolute atomic E-state index is 0.0265. The molecule has 160 valence electrons. The highest BCUT2D eigenvalue weighted by Crippen LogP contribution is 2.06. The van der Waals surface area contributed by atoms with Crippen LogP contribution in [-0.4, -0.2) is 84.7 Å². The van der Waals surface area contributed by atoms with E-state index >= 15 is 0 Å². The van der Waals surface area contributed by atoms with E-state index in [1.165, 1.54) is 0 Å². The van der Waals surface area contributed by atoms with Gasteiger partial charge in [-0.3, -0.25) is 14.5 Å². The summed E-state index contributed by atoms with van der Waals surface area (Å²) in [5.41, 5.74) is 0. The van der Waals surface area contributed by atoms with E-state index in [1.807, 2.05) is 32.6 Å². The highest BCUT2D eigenvalue weighted by atomic mass is 16.6. The van der Waals surface area contributed by atoms with Gasteiger partial charge in [-0.25, -0.2) is 0 Å². The van der Waals surface area contributed by atoms with Crippen LogP contribution in [0.25, 0.3) is 0 Å². The van der Waals surface area contributed by atoms with E-state index in [0.717, 1.165) is 0 Å². The lowest BCUT2D eigenvalue weighted by Gasteiger charge is -2.22. The first-order valence-corrected chi connectivity index (χ1v) is 9.95. The topological polar surface area (TPSA) is 108 Å². The number of hydrogen-bond donors (Lipinski definition) is 3. The largest absolute Gasteiger partial charge is 0.463 e. The molecule has 3 N–H and O–H groups in total. The molecule has 8 nitrogen and oxygen atoms in total. The number of carbonyl (C=O) groups excluding carboxylic acids is 2. The van der Waals surface area contributed by atoms with E-state index in [4.69, 9.17) is 19.7 Å². The lowest BCUT2D eigenvalue weighted by atomic mass is 10.2. The van der Waals surface area contributed by atoms with E-state index < -0.39 is 18.0 Å². The monoisotopic (exact) mass is 390 g/mol. The van der Waals surface area contributed by atoms with Crippen molar-refractivity contribution in [2.24, 2.45) is 0 Å². The molecule has 0 aromatic carbocycles. The second kappa shape index (κ2) is 15.8. The molecule has 0 spiro atoms. The molecule has 0 rings (SSSR count). The molecule has 0 aliphatic rings. The van der Waals surface area contributed by atoms with E-state index in [2.05, 4.69) is 5.32 Å². The van der Waals surface area contributed by atoms with E-state index in [9.17, 15) is 9.59 Å². The molecule has 0 aliphatic heterocycles. The zero-order chi connectivity index (χ0) is 20.7. The Morgan fingerprint density at radius 2 is 1.52 bits per heavy atom. The molecule has 0 heterocycles. The first kappa shape index (κ1) is 25.8. The number of ether oxygens (including phenoxy) is 2. The fourth-order valence-corrected chi connectivity index (χ4v) is 2.32.